The summed E-state index contributed by atoms with van der Waals surface area (Å²) in [4.78, 5) is 7.62. The molecule has 0 aliphatic carbocycles. The minimum absolute atomic E-state index is 0.0104. The maximum absolute atomic E-state index is 10.1. The Morgan fingerprint density at radius 3 is 2.88 bits per heavy atom. The van der Waals surface area contributed by atoms with Crippen molar-refractivity contribution in [3.63, 3.8) is 0 Å². The maximum atomic E-state index is 10.1. The number of aryl methyl sites for hydroxylation is 1. The normalized spacial score (nSPS) is 11.5. The highest BCUT2D eigenvalue weighted by atomic mass is 79.9. The molecule has 0 fully saturated rings. The van der Waals surface area contributed by atoms with Crippen LogP contribution in [0, 0.1) is 18.3 Å². The molecule has 5 nitrogen and oxygen atoms in total. The number of benzene rings is 2. The van der Waals surface area contributed by atoms with Crippen LogP contribution in [-0.4, -0.2) is 22.2 Å². The Labute approximate surface area is 147 Å². The Kier molecular flexibility index (Phi) is 4.28. The number of aromatic nitrogens is 2. The van der Waals surface area contributed by atoms with Crippen LogP contribution in [0.25, 0.3) is 22.7 Å². The molecule has 0 saturated heterocycles. The second-order valence-corrected chi connectivity index (χ2v) is 6.09. The molecule has 0 aliphatic heterocycles. The molecule has 0 bridgehead atoms. The lowest BCUT2D eigenvalue weighted by Crippen LogP contribution is -1.88. The Bertz CT molecular complexity index is 999. The number of aromatic amines is 1. The third kappa shape index (κ3) is 2.86. The number of nitrogens with zero attached hydrogens (tertiary/aromatic N) is 2. The van der Waals surface area contributed by atoms with Crippen LogP contribution in [0.3, 0.4) is 0 Å². The number of rotatable bonds is 3. The molecule has 120 valence electrons. The molecule has 0 spiro atoms. The van der Waals surface area contributed by atoms with E-state index in [1.54, 1.807) is 18.2 Å². The molecular formula is C18H14BrN3O2. The fourth-order valence-electron chi connectivity index (χ4n) is 2.40. The van der Waals surface area contributed by atoms with E-state index in [0.29, 0.717) is 27.2 Å². The van der Waals surface area contributed by atoms with Crippen LogP contribution in [0.15, 0.2) is 34.8 Å². The third-order valence-corrected chi connectivity index (χ3v) is 4.48. The van der Waals surface area contributed by atoms with E-state index in [1.165, 1.54) is 7.11 Å². The molecule has 0 aliphatic rings. The fraction of sp³-hybridized carbons (Fsp3) is 0.111. The van der Waals surface area contributed by atoms with Gasteiger partial charge in [-0.15, -0.1) is 0 Å². The van der Waals surface area contributed by atoms with Gasteiger partial charge in [-0.3, -0.25) is 0 Å². The zero-order chi connectivity index (χ0) is 17.3. The number of hydrogen-bond acceptors (Lipinski definition) is 4. The van der Waals surface area contributed by atoms with E-state index in [0.717, 1.165) is 16.6 Å². The Balaban J connectivity index is 2.09. The molecule has 1 heterocycles. The molecule has 0 saturated carbocycles. The molecule has 3 rings (SSSR count). The molecule has 1 aromatic heterocycles. The number of nitrogens with one attached hydrogen (secondary N) is 1. The minimum atomic E-state index is -0.0104. The minimum Gasteiger partial charge on any atom is -0.503 e. The fourth-order valence-corrected chi connectivity index (χ4v) is 2.84. The molecule has 0 unspecified atom stereocenters. The van der Waals surface area contributed by atoms with Crippen LogP contribution in [0.5, 0.6) is 11.5 Å². The van der Waals surface area contributed by atoms with Gasteiger partial charge < -0.3 is 14.8 Å². The topological polar surface area (TPSA) is 81.9 Å². The number of nitriles is 1. The molecule has 0 radical (unpaired) electrons. The highest BCUT2D eigenvalue weighted by Gasteiger charge is 2.13. The number of H-pyrrole nitrogens is 1. The summed E-state index contributed by atoms with van der Waals surface area (Å²) in [6, 6.07) is 11.4. The summed E-state index contributed by atoms with van der Waals surface area (Å²) in [5.74, 6) is 0.834. The summed E-state index contributed by atoms with van der Waals surface area (Å²) < 4.78 is 5.52. The first-order valence-corrected chi connectivity index (χ1v) is 7.96. The van der Waals surface area contributed by atoms with Gasteiger partial charge in [-0.25, -0.2) is 4.98 Å². The highest BCUT2D eigenvalue weighted by Crippen LogP contribution is 2.37. The van der Waals surface area contributed by atoms with E-state index >= 15 is 0 Å². The number of allylic oxidation sites excluding steroid dienone is 1. The van der Waals surface area contributed by atoms with Gasteiger partial charge in [0, 0.05) is 0 Å². The van der Waals surface area contributed by atoms with Crippen molar-refractivity contribution < 1.29 is 9.84 Å². The zero-order valence-electron chi connectivity index (χ0n) is 13.1. The van der Waals surface area contributed by atoms with Crippen molar-refractivity contribution in [3.8, 4) is 17.6 Å². The van der Waals surface area contributed by atoms with Gasteiger partial charge in [0.15, 0.2) is 11.5 Å². The zero-order valence-corrected chi connectivity index (χ0v) is 14.7. The van der Waals surface area contributed by atoms with Gasteiger partial charge in [0.2, 0.25) is 0 Å². The van der Waals surface area contributed by atoms with Crippen molar-refractivity contribution >= 4 is 38.6 Å². The van der Waals surface area contributed by atoms with E-state index in [2.05, 4.69) is 32.0 Å². The average molecular weight is 384 g/mol. The van der Waals surface area contributed by atoms with Crippen molar-refractivity contribution in [3.05, 3.63) is 51.8 Å². The van der Waals surface area contributed by atoms with Crippen LogP contribution in [0.4, 0.5) is 0 Å². The van der Waals surface area contributed by atoms with Crippen molar-refractivity contribution in [2.24, 2.45) is 0 Å². The predicted octanol–water partition coefficient (Wildman–Crippen LogP) is 4.41. The second kappa shape index (κ2) is 6.38. The summed E-state index contributed by atoms with van der Waals surface area (Å²) in [6.07, 6.45) is 1.66. The molecule has 0 amide bonds. The number of ether oxygens (including phenoxy) is 1. The number of halogens is 1. The van der Waals surface area contributed by atoms with E-state index < -0.39 is 0 Å². The predicted molar refractivity (Wildman–Crippen MR) is 96.7 cm³/mol. The number of methoxy groups -OCH3 is 1. The van der Waals surface area contributed by atoms with Gasteiger partial charge in [0.05, 0.1) is 28.2 Å². The molecular weight excluding hydrogens is 370 g/mol. The van der Waals surface area contributed by atoms with Gasteiger partial charge in [-0.05, 0) is 64.3 Å². The van der Waals surface area contributed by atoms with Crippen molar-refractivity contribution in [2.75, 3.05) is 7.11 Å². The van der Waals surface area contributed by atoms with Crippen LogP contribution < -0.4 is 4.74 Å². The monoisotopic (exact) mass is 383 g/mol. The van der Waals surface area contributed by atoms with Crippen LogP contribution in [-0.2, 0) is 0 Å². The van der Waals surface area contributed by atoms with Crippen LogP contribution in [0.2, 0.25) is 0 Å². The van der Waals surface area contributed by atoms with E-state index in [4.69, 9.17) is 4.74 Å². The Morgan fingerprint density at radius 2 is 2.17 bits per heavy atom. The number of hydrogen-bond donors (Lipinski definition) is 2. The van der Waals surface area contributed by atoms with Crippen LogP contribution >= 0.6 is 15.9 Å². The van der Waals surface area contributed by atoms with Gasteiger partial charge in [0.25, 0.3) is 0 Å². The first kappa shape index (κ1) is 16.1. The van der Waals surface area contributed by atoms with Crippen molar-refractivity contribution in [1.82, 2.24) is 9.97 Å². The SMILES string of the molecule is COc1ccc(/C=C(/C#N)c2nc3ccc(C)cc3[nH]2)c(Br)c1O. The lowest BCUT2D eigenvalue weighted by molar-refractivity contribution is 0.372. The molecule has 2 aromatic carbocycles. The van der Waals surface area contributed by atoms with Crippen molar-refractivity contribution in [1.29, 1.82) is 5.26 Å². The van der Waals surface area contributed by atoms with Gasteiger partial charge in [-0.1, -0.05) is 6.07 Å². The number of imidazole rings is 1. The molecule has 3 aromatic rings. The standard InChI is InChI=1S/C18H14BrN3O2/c1-10-3-5-13-14(7-10)22-18(21-13)12(9-20)8-11-4-6-15(24-2)17(23)16(11)19/h3-8,23H,1-2H3,(H,21,22)/b12-8-. The Hall–Kier alpha value is -2.78. The van der Waals surface area contributed by atoms with E-state index in [9.17, 15) is 10.4 Å². The molecule has 0 atom stereocenters. The van der Waals surface area contributed by atoms with Gasteiger partial charge >= 0.3 is 0 Å². The van der Waals surface area contributed by atoms with Crippen molar-refractivity contribution in [2.45, 2.75) is 6.92 Å². The summed E-state index contributed by atoms with van der Waals surface area (Å²) in [5, 5.41) is 19.6. The number of phenols is 1. The molecule has 2 N–H and O–H groups in total. The summed E-state index contributed by atoms with van der Waals surface area (Å²) in [6.45, 7) is 2.00. The maximum Gasteiger partial charge on any atom is 0.172 e. The lowest BCUT2D eigenvalue weighted by Gasteiger charge is -2.07. The second-order valence-electron chi connectivity index (χ2n) is 5.30. The Morgan fingerprint density at radius 1 is 1.38 bits per heavy atom. The smallest absolute Gasteiger partial charge is 0.172 e. The van der Waals surface area contributed by atoms with Crippen LogP contribution in [0.1, 0.15) is 17.0 Å². The summed E-state index contributed by atoms with van der Waals surface area (Å²) >= 11 is 3.33. The average Bonchev–Trinajstić information content (AvgIpc) is 2.99. The largest absolute Gasteiger partial charge is 0.503 e. The quantitative estimate of drug-likeness (QED) is 0.656. The number of fused-ring (bicyclic) bond motifs is 1. The van der Waals surface area contributed by atoms with Gasteiger partial charge in [0.1, 0.15) is 11.9 Å². The lowest BCUT2D eigenvalue weighted by atomic mass is 10.1. The molecule has 24 heavy (non-hydrogen) atoms. The number of phenolic OH excluding ortho intramolecular Hbond substituents is 1. The number of aromatic hydroxyl groups is 1. The summed E-state index contributed by atoms with van der Waals surface area (Å²) in [5.41, 5.74) is 3.81. The van der Waals surface area contributed by atoms with E-state index in [-0.39, 0.29) is 5.75 Å². The first-order chi connectivity index (χ1) is 11.5. The third-order valence-electron chi connectivity index (χ3n) is 3.64. The highest BCUT2D eigenvalue weighted by molar-refractivity contribution is 9.10. The summed E-state index contributed by atoms with van der Waals surface area (Å²) in [7, 11) is 1.48. The first-order valence-electron chi connectivity index (χ1n) is 7.17. The van der Waals surface area contributed by atoms with Gasteiger partial charge in [-0.2, -0.15) is 5.26 Å². The van der Waals surface area contributed by atoms with E-state index in [1.807, 2.05) is 25.1 Å². The molecule has 6 heteroatoms.